The second-order valence-corrected chi connectivity index (χ2v) is 6.38. The lowest BCUT2D eigenvalue weighted by Crippen LogP contribution is -2.49. The zero-order valence-corrected chi connectivity index (χ0v) is 12.6. The Bertz CT molecular complexity index is 372. The first kappa shape index (κ1) is 16.2. The summed E-state index contributed by atoms with van der Waals surface area (Å²) in [7, 11) is 0. The standard InChI is InChI=1S/C15H26N2O4/c16-15(6-2-1-3-7-15)10-13(18)17-8-4-12(5-9-17)21-11-14(19)20/h12H,1-11,16H2,(H,19,20). The van der Waals surface area contributed by atoms with E-state index in [0.717, 1.165) is 25.7 Å². The van der Waals surface area contributed by atoms with Crippen LogP contribution >= 0.6 is 0 Å². The fraction of sp³-hybridized carbons (Fsp3) is 0.867. The zero-order chi connectivity index (χ0) is 15.3. The molecule has 0 radical (unpaired) electrons. The van der Waals surface area contributed by atoms with Crippen molar-refractivity contribution in [3.63, 3.8) is 0 Å². The van der Waals surface area contributed by atoms with Gasteiger partial charge in [-0.15, -0.1) is 0 Å². The van der Waals surface area contributed by atoms with Crippen molar-refractivity contribution in [2.24, 2.45) is 5.73 Å². The monoisotopic (exact) mass is 298 g/mol. The highest BCUT2D eigenvalue weighted by Crippen LogP contribution is 2.29. The molecule has 6 nitrogen and oxygen atoms in total. The number of ether oxygens (including phenoxy) is 1. The molecule has 6 heteroatoms. The SMILES string of the molecule is NC1(CC(=O)N2CCC(OCC(=O)O)CC2)CCCCC1. The minimum atomic E-state index is -0.948. The summed E-state index contributed by atoms with van der Waals surface area (Å²) < 4.78 is 5.28. The van der Waals surface area contributed by atoms with Crippen molar-refractivity contribution in [2.45, 2.75) is 63.0 Å². The minimum absolute atomic E-state index is 0.0494. The van der Waals surface area contributed by atoms with E-state index in [1.807, 2.05) is 4.90 Å². The van der Waals surface area contributed by atoms with E-state index in [2.05, 4.69) is 0 Å². The molecule has 1 saturated carbocycles. The number of nitrogens with two attached hydrogens (primary N) is 1. The second kappa shape index (κ2) is 7.22. The normalized spacial score (nSPS) is 23.0. The molecule has 0 bridgehead atoms. The van der Waals surface area contributed by atoms with E-state index in [0.29, 0.717) is 32.4 Å². The Morgan fingerprint density at radius 2 is 1.81 bits per heavy atom. The number of hydrogen-bond donors (Lipinski definition) is 2. The third-order valence-electron chi connectivity index (χ3n) is 4.59. The fourth-order valence-corrected chi connectivity index (χ4v) is 3.31. The molecule has 0 aromatic carbocycles. The number of hydrogen-bond acceptors (Lipinski definition) is 4. The summed E-state index contributed by atoms with van der Waals surface area (Å²) in [4.78, 5) is 24.7. The quantitative estimate of drug-likeness (QED) is 0.793. The number of rotatable bonds is 5. The Morgan fingerprint density at radius 3 is 2.38 bits per heavy atom. The topological polar surface area (TPSA) is 92.9 Å². The van der Waals surface area contributed by atoms with Gasteiger partial charge in [0, 0.05) is 25.0 Å². The number of amides is 1. The lowest BCUT2D eigenvalue weighted by Gasteiger charge is -2.37. The van der Waals surface area contributed by atoms with Crippen LogP contribution in [0.1, 0.15) is 51.4 Å². The summed E-state index contributed by atoms with van der Waals surface area (Å²) in [5.41, 5.74) is 6.02. The number of nitrogens with zero attached hydrogens (tertiary/aromatic N) is 1. The lowest BCUT2D eigenvalue weighted by molar-refractivity contribution is -0.147. The van der Waals surface area contributed by atoms with E-state index in [-0.39, 0.29) is 24.2 Å². The number of likely N-dealkylation sites (tertiary alicyclic amines) is 1. The first-order chi connectivity index (χ1) is 9.98. The molecule has 120 valence electrons. The molecule has 21 heavy (non-hydrogen) atoms. The predicted octanol–water partition coefficient (Wildman–Crippen LogP) is 1.13. The molecule has 0 spiro atoms. The summed E-state index contributed by atoms with van der Waals surface area (Å²) >= 11 is 0. The van der Waals surface area contributed by atoms with Gasteiger partial charge in [0.1, 0.15) is 6.61 Å². The average molecular weight is 298 g/mol. The smallest absolute Gasteiger partial charge is 0.329 e. The van der Waals surface area contributed by atoms with E-state index in [1.54, 1.807) is 0 Å². The van der Waals surface area contributed by atoms with Crippen LogP contribution in [0.15, 0.2) is 0 Å². The van der Waals surface area contributed by atoms with Gasteiger partial charge in [-0.3, -0.25) is 4.79 Å². The molecule has 0 aromatic rings. The lowest BCUT2D eigenvalue weighted by atomic mass is 9.80. The Labute approximate surface area is 125 Å². The van der Waals surface area contributed by atoms with Crippen molar-refractivity contribution < 1.29 is 19.4 Å². The molecule has 1 saturated heterocycles. The first-order valence-electron chi connectivity index (χ1n) is 7.89. The van der Waals surface area contributed by atoms with E-state index in [9.17, 15) is 9.59 Å². The third kappa shape index (κ3) is 4.97. The highest BCUT2D eigenvalue weighted by Gasteiger charge is 2.33. The van der Waals surface area contributed by atoms with Crippen LogP contribution in [-0.4, -0.2) is 53.2 Å². The van der Waals surface area contributed by atoms with Crippen molar-refractivity contribution in [2.75, 3.05) is 19.7 Å². The summed E-state index contributed by atoms with van der Waals surface area (Å²) in [5, 5.41) is 8.59. The van der Waals surface area contributed by atoms with Crippen LogP contribution in [-0.2, 0) is 14.3 Å². The number of carboxylic acids is 1. The van der Waals surface area contributed by atoms with Crippen LogP contribution in [0.25, 0.3) is 0 Å². The largest absolute Gasteiger partial charge is 0.480 e. The first-order valence-corrected chi connectivity index (χ1v) is 7.89. The Kier molecular flexibility index (Phi) is 5.58. The molecule has 0 unspecified atom stereocenters. The fourth-order valence-electron chi connectivity index (χ4n) is 3.31. The number of piperidine rings is 1. The van der Waals surface area contributed by atoms with Crippen LogP contribution in [0, 0.1) is 0 Å². The van der Waals surface area contributed by atoms with Crippen LogP contribution in [0.4, 0.5) is 0 Å². The average Bonchev–Trinajstić information content (AvgIpc) is 2.46. The van der Waals surface area contributed by atoms with Crippen molar-refractivity contribution >= 4 is 11.9 Å². The number of carboxylic acid groups (broad SMARTS) is 1. The molecular weight excluding hydrogens is 272 g/mol. The van der Waals surface area contributed by atoms with Gasteiger partial charge in [-0.25, -0.2) is 4.79 Å². The molecule has 1 amide bonds. The van der Waals surface area contributed by atoms with Crippen LogP contribution in [0.2, 0.25) is 0 Å². The predicted molar refractivity (Wildman–Crippen MR) is 77.8 cm³/mol. The van der Waals surface area contributed by atoms with Gasteiger partial charge in [0.05, 0.1) is 6.10 Å². The molecular formula is C15H26N2O4. The van der Waals surface area contributed by atoms with Gasteiger partial charge in [0.2, 0.25) is 5.91 Å². The Balaban J connectivity index is 1.73. The molecule has 3 N–H and O–H groups in total. The van der Waals surface area contributed by atoms with Gasteiger partial charge in [0.15, 0.2) is 0 Å². The van der Waals surface area contributed by atoms with Gasteiger partial charge in [-0.1, -0.05) is 19.3 Å². The van der Waals surface area contributed by atoms with Gasteiger partial charge < -0.3 is 20.5 Å². The van der Waals surface area contributed by atoms with Crippen LogP contribution < -0.4 is 5.73 Å². The molecule has 2 fully saturated rings. The maximum Gasteiger partial charge on any atom is 0.329 e. The van der Waals surface area contributed by atoms with E-state index >= 15 is 0 Å². The summed E-state index contributed by atoms with van der Waals surface area (Å²) in [5.74, 6) is -0.813. The molecule has 1 aliphatic heterocycles. The van der Waals surface area contributed by atoms with Crippen LogP contribution in [0.3, 0.4) is 0 Å². The van der Waals surface area contributed by atoms with Gasteiger partial charge >= 0.3 is 5.97 Å². The van der Waals surface area contributed by atoms with E-state index in [1.165, 1.54) is 6.42 Å². The van der Waals surface area contributed by atoms with Crippen molar-refractivity contribution in [3.05, 3.63) is 0 Å². The summed E-state index contributed by atoms with van der Waals surface area (Å²) in [6.07, 6.45) is 7.14. The third-order valence-corrected chi connectivity index (χ3v) is 4.59. The van der Waals surface area contributed by atoms with Crippen LogP contribution in [0.5, 0.6) is 0 Å². The van der Waals surface area contributed by atoms with Crippen molar-refractivity contribution in [1.82, 2.24) is 4.90 Å². The molecule has 0 atom stereocenters. The number of carbonyl (C=O) groups excluding carboxylic acids is 1. The van der Waals surface area contributed by atoms with Gasteiger partial charge in [-0.05, 0) is 25.7 Å². The summed E-state index contributed by atoms with van der Waals surface area (Å²) in [6, 6.07) is 0. The highest BCUT2D eigenvalue weighted by atomic mass is 16.5. The molecule has 2 rings (SSSR count). The maximum absolute atomic E-state index is 12.4. The van der Waals surface area contributed by atoms with Gasteiger partial charge in [-0.2, -0.15) is 0 Å². The van der Waals surface area contributed by atoms with E-state index in [4.69, 9.17) is 15.6 Å². The van der Waals surface area contributed by atoms with Crippen molar-refractivity contribution in [3.8, 4) is 0 Å². The Hall–Kier alpha value is -1.14. The van der Waals surface area contributed by atoms with E-state index < -0.39 is 5.97 Å². The Morgan fingerprint density at radius 1 is 1.19 bits per heavy atom. The molecule has 0 aromatic heterocycles. The molecule has 1 heterocycles. The highest BCUT2D eigenvalue weighted by molar-refractivity contribution is 5.77. The van der Waals surface area contributed by atoms with Gasteiger partial charge in [0.25, 0.3) is 0 Å². The second-order valence-electron chi connectivity index (χ2n) is 6.38. The number of aliphatic carboxylic acids is 1. The minimum Gasteiger partial charge on any atom is -0.480 e. The number of carbonyl (C=O) groups is 2. The summed E-state index contributed by atoms with van der Waals surface area (Å²) in [6.45, 7) is 1.02. The zero-order valence-electron chi connectivity index (χ0n) is 12.6. The van der Waals surface area contributed by atoms with Crippen molar-refractivity contribution in [1.29, 1.82) is 0 Å². The maximum atomic E-state index is 12.4. The molecule has 1 aliphatic carbocycles. The molecule has 2 aliphatic rings.